The summed E-state index contributed by atoms with van der Waals surface area (Å²) in [6, 6.07) is 3.01. The van der Waals surface area contributed by atoms with Gasteiger partial charge >= 0.3 is 0 Å². The molecule has 0 unspecified atom stereocenters. The molecule has 0 bridgehead atoms. The summed E-state index contributed by atoms with van der Waals surface area (Å²) in [6.07, 6.45) is 2.56. The van der Waals surface area contributed by atoms with Crippen LogP contribution in [0.5, 0.6) is 5.75 Å². The van der Waals surface area contributed by atoms with Gasteiger partial charge in [-0.3, -0.25) is 4.90 Å². The van der Waals surface area contributed by atoms with Crippen molar-refractivity contribution in [3.8, 4) is 5.75 Å². The second-order valence-electron chi connectivity index (χ2n) is 5.33. The molecular weight excluding hydrogens is 243 g/mol. The van der Waals surface area contributed by atoms with Crippen LogP contribution in [0.3, 0.4) is 0 Å². The van der Waals surface area contributed by atoms with Crippen molar-refractivity contribution < 1.29 is 9.13 Å². The summed E-state index contributed by atoms with van der Waals surface area (Å²) in [5.41, 5.74) is 7.21. The summed E-state index contributed by atoms with van der Waals surface area (Å²) in [5, 5.41) is 0. The van der Waals surface area contributed by atoms with Crippen LogP contribution in [0, 0.1) is 12.7 Å². The first kappa shape index (κ1) is 14.3. The highest BCUT2D eigenvalue weighted by Crippen LogP contribution is 2.27. The van der Waals surface area contributed by atoms with Crippen LogP contribution in [0.2, 0.25) is 0 Å². The standard InChI is InChI=1S/C15H23FN2O/c1-11-9-15(13(12(2)17)10-14(11)16)19-8-7-18-5-3-4-6-18/h9-10,12H,3-8,17H2,1-2H3/t12-/m1/s1. The van der Waals surface area contributed by atoms with Gasteiger partial charge in [-0.2, -0.15) is 0 Å². The molecule has 1 aliphatic heterocycles. The summed E-state index contributed by atoms with van der Waals surface area (Å²) >= 11 is 0. The predicted molar refractivity (Wildman–Crippen MR) is 74.9 cm³/mol. The third-order valence-electron chi connectivity index (χ3n) is 3.65. The highest BCUT2D eigenvalue weighted by molar-refractivity contribution is 5.39. The minimum Gasteiger partial charge on any atom is -0.492 e. The van der Waals surface area contributed by atoms with Gasteiger partial charge in [0, 0.05) is 18.2 Å². The van der Waals surface area contributed by atoms with E-state index < -0.39 is 0 Å². The van der Waals surface area contributed by atoms with E-state index in [0.717, 1.165) is 25.2 Å². The van der Waals surface area contributed by atoms with Gasteiger partial charge in [0.2, 0.25) is 0 Å². The van der Waals surface area contributed by atoms with Gasteiger partial charge in [0.25, 0.3) is 0 Å². The van der Waals surface area contributed by atoms with Crippen molar-refractivity contribution in [2.75, 3.05) is 26.2 Å². The van der Waals surface area contributed by atoms with Crippen molar-refractivity contribution in [2.45, 2.75) is 32.7 Å². The fraction of sp³-hybridized carbons (Fsp3) is 0.600. The summed E-state index contributed by atoms with van der Waals surface area (Å²) in [5.74, 6) is 0.493. The number of halogens is 1. The van der Waals surface area contributed by atoms with E-state index in [1.165, 1.54) is 18.9 Å². The van der Waals surface area contributed by atoms with Crippen LogP contribution in [0.1, 0.15) is 36.9 Å². The number of likely N-dealkylation sites (tertiary alicyclic amines) is 1. The highest BCUT2D eigenvalue weighted by Gasteiger charge is 2.14. The van der Waals surface area contributed by atoms with Crippen molar-refractivity contribution in [3.63, 3.8) is 0 Å². The highest BCUT2D eigenvalue weighted by atomic mass is 19.1. The van der Waals surface area contributed by atoms with Crippen LogP contribution >= 0.6 is 0 Å². The molecule has 1 aliphatic rings. The van der Waals surface area contributed by atoms with E-state index in [2.05, 4.69) is 4.90 Å². The molecule has 0 aromatic heterocycles. The predicted octanol–water partition coefficient (Wildman–Crippen LogP) is 2.63. The number of nitrogens with zero attached hydrogens (tertiary/aromatic N) is 1. The Morgan fingerprint density at radius 2 is 2.05 bits per heavy atom. The first-order chi connectivity index (χ1) is 9.08. The van der Waals surface area contributed by atoms with Gasteiger partial charge in [0.1, 0.15) is 18.2 Å². The minimum atomic E-state index is -0.225. The van der Waals surface area contributed by atoms with Crippen LogP contribution in [0.4, 0.5) is 4.39 Å². The van der Waals surface area contributed by atoms with Crippen LogP contribution in [-0.2, 0) is 0 Å². The van der Waals surface area contributed by atoms with Gasteiger partial charge < -0.3 is 10.5 Å². The molecular formula is C15H23FN2O. The molecule has 106 valence electrons. The number of hydrogen-bond donors (Lipinski definition) is 1. The third kappa shape index (κ3) is 3.67. The lowest BCUT2D eigenvalue weighted by molar-refractivity contribution is 0.235. The van der Waals surface area contributed by atoms with Gasteiger partial charge in [-0.25, -0.2) is 4.39 Å². The van der Waals surface area contributed by atoms with Gasteiger partial charge in [0.05, 0.1) is 0 Å². The number of benzene rings is 1. The van der Waals surface area contributed by atoms with Gasteiger partial charge in [-0.15, -0.1) is 0 Å². The van der Waals surface area contributed by atoms with E-state index in [0.29, 0.717) is 17.9 Å². The molecule has 3 nitrogen and oxygen atoms in total. The molecule has 1 saturated heterocycles. The largest absolute Gasteiger partial charge is 0.492 e. The normalized spacial score (nSPS) is 17.7. The molecule has 1 aromatic carbocycles. The molecule has 0 saturated carbocycles. The quantitative estimate of drug-likeness (QED) is 0.890. The monoisotopic (exact) mass is 266 g/mol. The van der Waals surface area contributed by atoms with E-state index >= 15 is 0 Å². The zero-order valence-electron chi connectivity index (χ0n) is 11.8. The van der Waals surface area contributed by atoms with Crippen LogP contribution < -0.4 is 10.5 Å². The first-order valence-electron chi connectivity index (χ1n) is 6.98. The number of rotatable bonds is 5. The van der Waals surface area contributed by atoms with E-state index in [4.69, 9.17) is 10.5 Å². The fourth-order valence-electron chi connectivity index (χ4n) is 2.44. The molecule has 19 heavy (non-hydrogen) atoms. The van der Waals surface area contributed by atoms with E-state index in [1.807, 2.05) is 6.92 Å². The summed E-state index contributed by atoms with van der Waals surface area (Å²) in [6.45, 7) is 7.46. The molecule has 0 spiro atoms. The van der Waals surface area contributed by atoms with Crippen molar-refractivity contribution >= 4 is 0 Å². The van der Waals surface area contributed by atoms with E-state index in [-0.39, 0.29) is 11.9 Å². The smallest absolute Gasteiger partial charge is 0.126 e. The average Bonchev–Trinajstić information content (AvgIpc) is 2.86. The van der Waals surface area contributed by atoms with Crippen molar-refractivity contribution in [2.24, 2.45) is 5.73 Å². The van der Waals surface area contributed by atoms with Crippen LogP contribution in [0.25, 0.3) is 0 Å². The Bertz CT molecular complexity index is 428. The molecule has 1 heterocycles. The lowest BCUT2D eigenvalue weighted by Gasteiger charge is -2.18. The topological polar surface area (TPSA) is 38.5 Å². The molecule has 1 aromatic rings. The molecule has 0 aliphatic carbocycles. The fourth-order valence-corrected chi connectivity index (χ4v) is 2.44. The van der Waals surface area contributed by atoms with E-state index in [1.54, 1.807) is 13.0 Å². The van der Waals surface area contributed by atoms with Crippen molar-refractivity contribution in [3.05, 3.63) is 29.1 Å². The Kier molecular flexibility index (Phi) is 4.77. The number of ether oxygens (including phenoxy) is 1. The Balaban J connectivity index is 1.99. The van der Waals surface area contributed by atoms with Crippen LogP contribution in [0.15, 0.2) is 12.1 Å². The third-order valence-corrected chi connectivity index (χ3v) is 3.65. The molecule has 1 fully saturated rings. The summed E-state index contributed by atoms with van der Waals surface area (Å²) in [4.78, 5) is 2.39. The Morgan fingerprint density at radius 1 is 1.37 bits per heavy atom. The second kappa shape index (κ2) is 6.35. The first-order valence-corrected chi connectivity index (χ1v) is 6.98. The summed E-state index contributed by atoms with van der Waals surface area (Å²) in [7, 11) is 0. The maximum atomic E-state index is 13.6. The maximum absolute atomic E-state index is 13.6. The number of nitrogens with two attached hydrogens (primary N) is 1. The van der Waals surface area contributed by atoms with Crippen molar-refractivity contribution in [1.29, 1.82) is 0 Å². The van der Waals surface area contributed by atoms with Gasteiger partial charge in [0.15, 0.2) is 0 Å². The SMILES string of the molecule is Cc1cc(OCCN2CCCC2)c([C@@H](C)N)cc1F. The Morgan fingerprint density at radius 3 is 2.68 bits per heavy atom. The summed E-state index contributed by atoms with van der Waals surface area (Å²) < 4.78 is 19.4. The van der Waals surface area contributed by atoms with E-state index in [9.17, 15) is 4.39 Å². The molecule has 0 radical (unpaired) electrons. The molecule has 1 atom stereocenters. The molecule has 2 rings (SSSR count). The molecule has 2 N–H and O–H groups in total. The van der Waals surface area contributed by atoms with Crippen LogP contribution in [-0.4, -0.2) is 31.1 Å². The minimum absolute atomic E-state index is 0.223. The number of hydrogen-bond acceptors (Lipinski definition) is 3. The Labute approximate surface area is 114 Å². The van der Waals surface area contributed by atoms with Gasteiger partial charge in [-0.1, -0.05) is 0 Å². The van der Waals surface area contributed by atoms with Gasteiger partial charge in [-0.05, 0) is 57.5 Å². The second-order valence-corrected chi connectivity index (χ2v) is 5.33. The average molecular weight is 266 g/mol. The zero-order valence-corrected chi connectivity index (χ0v) is 11.8. The molecule has 0 amide bonds. The lowest BCUT2D eigenvalue weighted by Crippen LogP contribution is -2.25. The molecule has 4 heteroatoms. The maximum Gasteiger partial charge on any atom is 0.126 e. The van der Waals surface area contributed by atoms with Crippen molar-refractivity contribution in [1.82, 2.24) is 4.90 Å². The number of aryl methyl sites for hydroxylation is 1. The lowest BCUT2D eigenvalue weighted by atomic mass is 10.1. The zero-order chi connectivity index (χ0) is 13.8. The Hall–Kier alpha value is -1.13.